The average Bonchev–Trinajstić information content (AvgIpc) is 1.75. The zero-order valence-corrected chi connectivity index (χ0v) is 81.0. The van der Waals surface area contributed by atoms with Gasteiger partial charge in [-0.2, -0.15) is 5.10 Å². The Hall–Kier alpha value is -11.0. The summed E-state index contributed by atoms with van der Waals surface area (Å²) in [7, 11) is 1.66. The van der Waals surface area contributed by atoms with Gasteiger partial charge in [-0.1, -0.05) is 54.8 Å². The highest BCUT2D eigenvalue weighted by molar-refractivity contribution is 7.14. The second kappa shape index (κ2) is 40.1. The van der Waals surface area contributed by atoms with Crippen LogP contribution in [0.4, 0.5) is 21.2 Å². The zero-order valence-electron chi connectivity index (χ0n) is 77.8. The third-order valence-corrected chi connectivity index (χ3v) is 20.9. The second-order valence-electron chi connectivity index (χ2n) is 37.2. The van der Waals surface area contributed by atoms with Crippen LogP contribution in [0.5, 0.6) is 34.5 Å². The van der Waals surface area contributed by atoms with Crippen molar-refractivity contribution >= 4 is 133 Å². The van der Waals surface area contributed by atoms with Crippen LogP contribution in [0.1, 0.15) is 188 Å². The van der Waals surface area contributed by atoms with Gasteiger partial charge in [0.15, 0.2) is 26.7 Å². The molecule has 5 aromatic carbocycles. The summed E-state index contributed by atoms with van der Waals surface area (Å²) in [5.41, 5.74) is 13.5. The van der Waals surface area contributed by atoms with Gasteiger partial charge in [0.1, 0.15) is 92.4 Å². The molecular formula is C99H123ClN15O7S3+. The highest BCUT2D eigenvalue weighted by Crippen LogP contribution is 2.42. The molecule has 660 valence electrons. The number of hydrogen-bond acceptors (Lipinski definition) is 23. The normalized spacial score (nSPS) is 12.5. The van der Waals surface area contributed by atoms with E-state index in [9.17, 15) is 0 Å². The molecule has 0 bridgehead atoms. The van der Waals surface area contributed by atoms with Crippen LogP contribution in [0.3, 0.4) is 0 Å². The first-order valence-corrected chi connectivity index (χ1v) is 45.5. The first-order chi connectivity index (χ1) is 58.7. The van der Waals surface area contributed by atoms with Crippen LogP contribution in [0.25, 0.3) is 94.5 Å². The monoisotopic (exact) mass is 1760 g/mol. The third-order valence-electron chi connectivity index (χ3n) is 18.1. The second-order valence-corrected chi connectivity index (χ2v) is 40.1. The molecule has 0 spiro atoms. The maximum atomic E-state index is 6.55. The molecule has 0 radical (unpaired) electrons. The third kappa shape index (κ3) is 27.0. The van der Waals surface area contributed by atoms with Crippen LogP contribution in [-0.4, -0.2) is 133 Å². The predicted octanol–water partition coefficient (Wildman–Crippen LogP) is 26.1. The van der Waals surface area contributed by atoms with Crippen LogP contribution in [0, 0.1) is 33.6 Å². The van der Waals surface area contributed by atoms with Gasteiger partial charge in [-0.05, 0) is 267 Å². The number of anilines is 3. The van der Waals surface area contributed by atoms with Crippen molar-refractivity contribution in [2.75, 3.05) is 36.3 Å². The van der Waals surface area contributed by atoms with Gasteiger partial charge in [-0.25, -0.2) is 39.6 Å². The number of pyridine rings is 5. The molecule has 10 heterocycles. The minimum atomic E-state index is -0.328. The summed E-state index contributed by atoms with van der Waals surface area (Å²) in [6, 6.07) is 41.3. The fourth-order valence-electron chi connectivity index (χ4n) is 12.8. The Kier molecular flexibility index (Phi) is 30.4. The lowest BCUT2D eigenvalue weighted by Crippen LogP contribution is -2.23. The van der Waals surface area contributed by atoms with Crippen LogP contribution in [0.2, 0.25) is 5.02 Å². The van der Waals surface area contributed by atoms with E-state index in [1.54, 1.807) is 52.0 Å². The van der Waals surface area contributed by atoms with Crippen LogP contribution >= 0.6 is 45.6 Å². The molecule has 26 heteroatoms. The molecule has 0 unspecified atom stereocenters. The summed E-state index contributed by atoms with van der Waals surface area (Å²) in [4.78, 5) is 38.0. The Morgan fingerprint density at radius 2 is 0.824 bits per heavy atom. The molecule has 22 nitrogen and oxygen atoms in total. The van der Waals surface area contributed by atoms with Crippen molar-refractivity contribution in [1.29, 1.82) is 0 Å². The highest BCUT2D eigenvalue weighted by Gasteiger charge is 2.28. The topological polar surface area (TPSA) is 237 Å². The number of hydrogen-bond donors (Lipinski definition) is 3. The van der Waals surface area contributed by atoms with Gasteiger partial charge in [0, 0.05) is 112 Å². The van der Waals surface area contributed by atoms with Crippen molar-refractivity contribution in [2.45, 2.75) is 239 Å². The van der Waals surface area contributed by atoms with Crippen molar-refractivity contribution in [3.8, 4) is 74.5 Å². The predicted molar refractivity (Wildman–Crippen MR) is 522 cm³/mol. The zero-order chi connectivity index (χ0) is 90.8. The van der Waals surface area contributed by atoms with Crippen molar-refractivity contribution in [2.24, 2.45) is 11.0 Å². The quantitative estimate of drug-likeness (QED) is 0.0448. The Balaban J connectivity index is 0.000000152. The maximum Gasteiger partial charge on any atom is 0.352 e. The minimum absolute atomic E-state index is 0.263. The van der Waals surface area contributed by atoms with E-state index >= 15 is 0 Å². The standard InChI is InChI=1S/C22H29N3O3S.C20H24ClN3OS.C20H25N3OS.C20H26N3O.C17H19N3O/c1-14(2)23-21-25-19(13-29-21)18-12-20(28-22(3,4)5)16-8-7-15(11-17(16)24-18)27-10-9-26-6;1-11(2)22-19-24-15(10-26-19)14-9-16(25-20(4,5)6)13-8-7-12(3)17(21)18(13)23-14;1-12(2)21-19-23-17(11-25-19)16-10-18(24-20(4,5)6)14-8-7-13(3)9-15(14)22-16;1-13(2)16-9-10-23(22-16)19-12-18(24-20(4,5)6)15-8-7-14(3)11-17(15)21-19;1-12-6-7-13-14(10-12)19-16(20-9-5-8-18-20)11-15(13)21-17(2,3)4/h7-8,11-14H,9-10H2,1-6H3,(H,23,25);7-11H,1-6H3,(H,22,24);7-12H,1-6H3,(H,21,23);7-8,10-13H,9H2,1-6H3;5-11H,1-4H3/q;;;+1;. The number of nitrogens with one attached hydrogen (secondary N) is 3. The van der Waals surface area contributed by atoms with Crippen molar-refractivity contribution in [3.05, 3.63) is 177 Å². The van der Waals surface area contributed by atoms with E-state index in [-0.39, 0.29) is 28.0 Å². The molecule has 15 rings (SSSR count). The van der Waals surface area contributed by atoms with E-state index in [4.69, 9.17) is 69.8 Å². The minimum Gasteiger partial charge on any atom is -0.491 e. The van der Waals surface area contributed by atoms with E-state index in [0.717, 1.165) is 162 Å². The highest BCUT2D eigenvalue weighted by atomic mass is 35.5. The first-order valence-electron chi connectivity index (χ1n) is 42.5. The number of thiazole rings is 3. The number of fused-ring (bicyclic) bond motifs is 5. The lowest BCUT2D eigenvalue weighted by molar-refractivity contribution is -0.441. The largest absolute Gasteiger partial charge is 0.491 e. The summed E-state index contributed by atoms with van der Waals surface area (Å²) in [6.45, 7) is 56.8. The molecule has 0 saturated heterocycles. The summed E-state index contributed by atoms with van der Waals surface area (Å²) in [5, 5.41) is 33.3. The molecular weight excluding hydrogens is 1640 g/mol. The van der Waals surface area contributed by atoms with Gasteiger partial charge >= 0.3 is 5.82 Å². The molecule has 3 N–H and O–H groups in total. The van der Waals surface area contributed by atoms with E-state index in [0.29, 0.717) is 42.3 Å². The number of methoxy groups -OCH3 is 1. The van der Waals surface area contributed by atoms with Crippen molar-refractivity contribution in [3.63, 3.8) is 0 Å². The summed E-state index contributed by atoms with van der Waals surface area (Å²) in [6.07, 6.45) is 6.58. The van der Waals surface area contributed by atoms with Crippen molar-refractivity contribution in [1.82, 2.24) is 49.7 Å². The van der Waals surface area contributed by atoms with E-state index in [1.165, 1.54) is 22.4 Å². The van der Waals surface area contributed by atoms with E-state index in [2.05, 4.69) is 220 Å². The molecule has 0 fully saturated rings. The number of aryl methyl sites for hydroxylation is 4. The smallest absolute Gasteiger partial charge is 0.352 e. The van der Waals surface area contributed by atoms with Crippen LogP contribution in [-0.2, 0) is 4.74 Å². The number of benzene rings is 5. The van der Waals surface area contributed by atoms with E-state index < -0.39 is 0 Å². The molecule has 14 aromatic rings. The fraction of sp³-hybridized carbons (Fsp3) is 0.404. The number of aromatic nitrogens is 10. The van der Waals surface area contributed by atoms with Gasteiger partial charge in [-0.3, -0.25) is 0 Å². The molecule has 0 atom stereocenters. The SMILES string of the molecule is COCCOc1ccc2c(OC(C)(C)C)cc(-c3csc(NC(C)C)n3)nc2c1.Cc1ccc2c(OC(C)(C)C)cc(-c3csc(NC(C)C)n3)nc2c1.Cc1ccc2c(OC(C)(C)C)cc(-c3csc(NC(C)C)n3)nc2c1Cl.Cc1ccc2c(OC(C)(C)C)cc(-n3cccn3)nc2c1.Cc1ccc2c(OC(C)(C)C)cc([N+]3=CCC(C(C)C)=N3)nc2c1. The number of halogens is 1. The van der Waals surface area contributed by atoms with Crippen LogP contribution in [0.15, 0.2) is 155 Å². The molecule has 0 amide bonds. The number of hydrazone groups is 1. The Labute approximate surface area is 754 Å². The summed E-state index contributed by atoms with van der Waals surface area (Å²) >= 11 is 11.3. The van der Waals surface area contributed by atoms with Crippen LogP contribution < -0.4 is 44.4 Å². The average molecular weight is 1770 g/mol. The fourth-order valence-corrected chi connectivity index (χ4v) is 15.6. The van der Waals surface area contributed by atoms with Gasteiger partial charge in [-0.15, -0.1) is 38.7 Å². The van der Waals surface area contributed by atoms with Crippen molar-refractivity contribution < 1.29 is 37.8 Å². The molecule has 0 aliphatic carbocycles. The lowest BCUT2D eigenvalue weighted by Gasteiger charge is -2.23. The number of nitrogens with zero attached hydrogens (tertiary/aromatic N) is 12. The van der Waals surface area contributed by atoms with Gasteiger partial charge < -0.3 is 49.1 Å². The number of rotatable bonds is 21. The number of ether oxygens (including phenoxy) is 7. The molecule has 1 aliphatic heterocycles. The van der Waals surface area contributed by atoms with E-state index in [1.807, 2.05) is 163 Å². The molecule has 0 saturated carbocycles. The summed E-state index contributed by atoms with van der Waals surface area (Å²) in [5.74, 6) is 6.85. The summed E-state index contributed by atoms with van der Waals surface area (Å²) < 4.78 is 45.4. The molecule has 9 aromatic heterocycles. The molecule has 1 aliphatic rings. The maximum absolute atomic E-state index is 6.55. The molecule has 125 heavy (non-hydrogen) atoms. The van der Waals surface area contributed by atoms with Gasteiger partial charge in [0.05, 0.1) is 67.9 Å². The Morgan fingerprint density at radius 3 is 1.23 bits per heavy atom. The Bertz CT molecular complexity index is 6140. The first kappa shape index (κ1) is 94.7. The lowest BCUT2D eigenvalue weighted by atomic mass is 10.1. The van der Waals surface area contributed by atoms with Gasteiger partial charge in [0.25, 0.3) is 0 Å². The Morgan fingerprint density at radius 1 is 0.432 bits per heavy atom. The van der Waals surface area contributed by atoms with Gasteiger partial charge in [0.2, 0.25) is 0 Å².